The maximum atomic E-state index is 12.5. The molecular formula is C22H33N3O4S. The summed E-state index contributed by atoms with van der Waals surface area (Å²) in [5.74, 6) is 0.329. The first-order valence-electron chi connectivity index (χ1n) is 10.7. The number of rotatable bonds is 10. The molecule has 8 heteroatoms. The quantitative estimate of drug-likeness (QED) is 0.618. The number of nitrogens with zero attached hydrogens (tertiary/aromatic N) is 3. The largest absolute Gasteiger partial charge is 0.508 e. The van der Waals surface area contributed by atoms with Gasteiger partial charge in [0, 0.05) is 26.2 Å². The maximum absolute atomic E-state index is 12.5. The number of methoxy groups -OCH3 is 1. The number of hydrogen-bond donors (Lipinski definition) is 1. The zero-order chi connectivity index (χ0) is 21.6. The molecule has 1 aromatic carbocycles. The zero-order valence-corrected chi connectivity index (χ0v) is 18.8. The van der Waals surface area contributed by atoms with Crippen molar-refractivity contribution in [2.45, 2.75) is 63.3 Å². The number of ether oxygens (including phenoxy) is 1. The van der Waals surface area contributed by atoms with Gasteiger partial charge in [-0.1, -0.05) is 25.5 Å². The van der Waals surface area contributed by atoms with Gasteiger partial charge in [0.2, 0.25) is 15.0 Å². The third-order valence-electron chi connectivity index (χ3n) is 5.90. The average Bonchev–Trinajstić information content (AvgIpc) is 3.16. The van der Waals surface area contributed by atoms with Crippen molar-refractivity contribution < 1.29 is 18.3 Å². The van der Waals surface area contributed by atoms with E-state index in [0.29, 0.717) is 31.5 Å². The van der Waals surface area contributed by atoms with Crippen molar-refractivity contribution in [3.8, 4) is 5.75 Å². The summed E-state index contributed by atoms with van der Waals surface area (Å²) in [4.78, 5) is 6.74. The van der Waals surface area contributed by atoms with Crippen LogP contribution in [0.4, 0.5) is 0 Å². The molecule has 2 heterocycles. The topological polar surface area (TPSA) is 84.7 Å². The normalized spacial score (nSPS) is 18.0. The number of likely N-dealkylation sites (tertiary alicyclic amines) is 1. The SMILES string of the molecule is CCS(=O)(=O)c1ncc(CN2CCCCC2CCc2ccc(O)cc2)n1CCOC. The van der Waals surface area contributed by atoms with Gasteiger partial charge >= 0.3 is 0 Å². The minimum Gasteiger partial charge on any atom is -0.508 e. The highest BCUT2D eigenvalue weighted by Gasteiger charge is 2.26. The fourth-order valence-electron chi connectivity index (χ4n) is 4.12. The van der Waals surface area contributed by atoms with Crippen molar-refractivity contribution in [3.63, 3.8) is 0 Å². The standard InChI is InChI=1S/C22H33N3O4S/c1-3-30(27,28)22-23-16-20(25(22)14-15-29-2)17-24-13-5-4-6-19(24)10-7-18-8-11-21(26)12-9-18/h8-9,11-12,16,19,26H,3-7,10,13-15,17H2,1-2H3. The van der Waals surface area contributed by atoms with E-state index in [1.165, 1.54) is 12.0 Å². The fraction of sp³-hybridized carbons (Fsp3) is 0.591. The van der Waals surface area contributed by atoms with E-state index in [1.54, 1.807) is 32.4 Å². The van der Waals surface area contributed by atoms with Gasteiger partial charge < -0.3 is 14.4 Å². The summed E-state index contributed by atoms with van der Waals surface area (Å²) in [6.45, 7) is 4.27. The highest BCUT2D eigenvalue weighted by Crippen LogP contribution is 2.25. The van der Waals surface area contributed by atoms with Crippen molar-refractivity contribution in [1.82, 2.24) is 14.5 Å². The molecule has 0 aliphatic carbocycles. The van der Waals surface area contributed by atoms with Gasteiger partial charge in [-0.2, -0.15) is 0 Å². The van der Waals surface area contributed by atoms with Crippen molar-refractivity contribution in [3.05, 3.63) is 41.7 Å². The number of benzene rings is 1. The van der Waals surface area contributed by atoms with Crippen LogP contribution in [-0.4, -0.2) is 60.0 Å². The molecule has 30 heavy (non-hydrogen) atoms. The molecule has 1 N–H and O–H groups in total. The minimum absolute atomic E-state index is 0.0371. The fourth-order valence-corrected chi connectivity index (χ4v) is 5.13. The number of sulfone groups is 1. The van der Waals surface area contributed by atoms with E-state index in [4.69, 9.17) is 4.74 Å². The van der Waals surface area contributed by atoms with E-state index >= 15 is 0 Å². The molecule has 0 bridgehead atoms. The van der Waals surface area contributed by atoms with Crippen LogP contribution in [0.2, 0.25) is 0 Å². The van der Waals surface area contributed by atoms with Gasteiger partial charge in [0.05, 0.1) is 24.3 Å². The molecule has 1 unspecified atom stereocenters. The lowest BCUT2D eigenvalue weighted by molar-refractivity contribution is 0.127. The first-order valence-corrected chi connectivity index (χ1v) is 12.4. The Morgan fingerprint density at radius 1 is 1.23 bits per heavy atom. The van der Waals surface area contributed by atoms with Crippen LogP contribution < -0.4 is 0 Å². The Kier molecular flexibility index (Phi) is 7.91. The number of imidazole rings is 1. The molecule has 0 amide bonds. The van der Waals surface area contributed by atoms with Crippen LogP contribution in [0.5, 0.6) is 5.75 Å². The lowest BCUT2D eigenvalue weighted by Gasteiger charge is -2.36. The summed E-state index contributed by atoms with van der Waals surface area (Å²) in [6.07, 6.45) is 7.22. The third kappa shape index (κ3) is 5.62. The molecule has 1 atom stereocenters. The number of piperidine rings is 1. The first kappa shape index (κ1) is 22.8. The minimum atomic E-state index is -3.39. The van der Waals surface area contributed by atoms with Gasteiger partial charge in [-0.3, -0.25) is 4.90 Å². The number of phenolic OH excluding ortho intramolecular Hbond substituents is 1. The molecule has 1 saturated heterocycles. The molecule has 7 nitrogen and oxygen atoms in total. The monoisotopic (exact) mass is 435 g/mol. The number of hydrogen-bond acceptors (Lipinski definition) is 6. The Morgan fingerprint density at radius 3 is 2.70 bits per heavy atom. The van der Waals surface area contributed by atoms with Gasteiger partial charge in [-0.15, -0.1) is 0 Å². The Hall–Kier alpha value is -1.90. The third-order valence-corrected chi connectivity index (χ3v) is 7.54. The van der Waals surface area contributed by atoms with Gasteiger partial charge in [-0.05, 0) is 49.9 Å². The van der Waals surface area contributed by atoms with E-state index in [2.05, 4.69) is 9.88 Å². The summed E-state index contributed by atoms with van der Waals surface area (Å²) in [7, 11) is -1.77. The molecule has 2 aromatic rings. The number of aromatic hydroxyl groups is 1. The van der Waals surface area contributed by atoms with Crippen LogP contribution in [-0.2, 0) is 34.1 Å². The Balaban J connectivity index is 1.74. The molecule has 166 valence electrons. The average molecular weight is 436 g/mol. The van der Waals surface area contributed by atoms with Crippen LogP contribution in [0, 0.1) is 0 Å². The van der Waals surface area contributed by atoms with Crippen molar-refractivity contribution in [1.29, 1.82) is 0 Å². The highest BCUT2D eigenvalue weighted by atomic mass is 32.2. The summed E-state index contributed by atoms with van der Waals surface area (Å²) >= 11 is 0. The number of phenols is 1. The van der Waals surface area contributed by atoms with E-state index in [9.17, 15) is 13.5 Å². The molecule has 0 spiro atoms. The molecular weight excluding hydrogens is 402 g/mol. The van der Waals surface area contributed by atoms with Crippen molar-refractivity contribution in [2.24, 2.45) is 0 Å². The van der Waals surface area contributed by atoms with Gasteiger partial charge in [0.1, 0.15) is 5.75 Å². The molecule has 1 fully saturated rings. The Morgan fingerprint density at radius 2 is 2.00 bits per heavy atom. The van der Waals surface area contributed by atoms with Crippen LogP contribution in [0.1, 0.15) is 43.9 Å². The number of aromatic nitrogens is 2. The summed E-state index contributed by atoms with van der Waals surface area (Å²) in [5, 5.41) is 9.62. The first-order chi connectivity index (χ1) is 14.4. The molecule has 0 radical (unpaired) electrons. The van der Waals surface area contributed by atoms with Crippen LogP contribution in [0.15, 0.2) is 35.6 Å². The summed E-state index contributed by atoms with van der Waals surface area (Å²) < 4.78 is 32.0. The lowest BCUT2D eigenvalue weighted by atomic mass is 9.95. The molecule has 3 rings (SSSR count). The molecule has 1 aliphatic rings. The van der Waals surface area contributed by atoms with Crippen LogP contribution in [0.3, 0.4) is 0 Å². The number of aryl methyl sites for hydroxylation is 1. The Labute approximate surface area is 179 Å². The molecule has 0 saturated carbocycles. The molecule has 1 aliphatic heterocycles. The zero-order valence-electron chi connectivity index (χ0n) is 18.0. The smallest absolute Gasteiger partial charge is 0.227 e. The lowest BCUT2D eigenvalue weighted by Crippen LogP contribution is -2.39. The summed E-state index contributed by atoms with van der Waals surface area (Å²) in [5.41, 5.74) is 2.15. The second kappa shape index (κ2) is 10.4. The van der Waals surface area contributed by atoms with E-state index in [1.807, 2.05) is 16.7 Å². The summed E-state index contributed by atoms with van der Waals surface area (Å²) in [6, 6.07) is 7.87. The van der Waals surface area contributed by atoms with Crippen molar-refractivity contribution in [2.75, 3.05) is 26.0 Å². The Bertz CT molecular complexity index is 909. The predicted molar refractivity (Wildman–Crippen MR) is 116 cm³/mol. The maximum Gasteiger partial charge on any atom is 0.227 e. The second-order valence-electron chi connectivity index (χ2n) is 7.91. The van der Waals surface area contributed by atoms with E-state index in [-0.39, 0.29) is 10.9 Å². The van der Waals surface area contributed by atoms with E-state index < -0.39 is 9.84 Å². The van der Waals surface area contributed by atoms with E-state index in [0.717, 1.165) is 37.9 Å². The van der Waals surface area contributed by atoms with Gasteiger partial charge in [-0.25, -0.2) is 13.4 Å². The van der Waals surface area contributed by atoms with Crippen LogP contribution in [0.25, 0.3) is 0 Å². The second-order valence-corrected chi connectivity index (χ2v) is 10.1. The van der Waals surface area contributed by atoms with Crippen molar-refractivity contribution >= 4 is 9.84 Å². The van der Waals surface area contributed by atoms with Gasteiger partial charge in [0.25, 0.3) is 0 Å². The van der Waals surface area contributed by atoms with Crippen LogP contribution >= 0.6 is 0 Å². The highest BCUT2D eigenvalue weighted by molar-refractivity contribution is 7.91. The van der Waals surface area contributed by atoms with Gasteiger partial charge in [0.15, 0.2) is 0 Å². The predicted octanol–water partition coefficient (Wildman–Crippen LogP) is 3.02. The molecule has 1 aromatic heterocycles.